The molecule has 3 heterocycles. The lowest BCUT2D eigenvalue weighted by molar-refractivity contribution is -0.142. The summed E-state index contributed by atoms with van der Waals surface area (Å²) in [6, 6.07) is 9.53. The van der Waals surface area contributed by atoms with Gasteiger partial charge in [0.25, 0.3) is 5.91 Å². The van der Waals surface area contributed by atoms with Gasteiger partial charge in [0.15, 0.2) is 11.5 Å². The zero-order chi connectivity index (χ0) is 16.5. The number of hydrogen-bond acceptors (Lipinski definition) is 4. The summed E-state index contributed by atoms with van der Waals surface area (Å²) in [5.74, 6) is 1.62. The first-order valence-electron chi connectivity index (χ1n) is 8.40. The van der Waals surface area contributed by atoms with Crippen LogP contribution in [0, 0.1) is 6.92 Å². The number of carbonyl (C=O) groups is 1. The van der Waals surface area contributed by atoms with E-state index in [1.807, 2.05) is 36.1 Å². The van der Waals surface area contributed by atoms with Gasteiger partial charge in [-0.1, -0.05) is 12.1 Å². The molecule has 24 heavy (non-hydrogen) atoms. The van der Waals surface area contributed by atoms with Crippen LogP contribution in [-0.4, -0.2) is 46.8 Å². The summed E-state index contributed by atoms with van der Waals surface area (Å²) < 4.78 is 11.5. The Morgan fingerprint density at radius 3 is 2.96 bits per heavy atom. The first-order chi connectivity index (χ1) is 11.7. The van der Waals surface area contributed by atoms with Gasteiger partial charge in [-0.05, 0) is 38.0 Å². The van der Waals surface area contributed by atoms with Gasteiger partial charge in [-0.3, -0.25) is 9.89 Å². The highest BCUT2D eigenvalue weighted by atomic mass is 16.6. The molecule has 1 fully saturated rings. The first kappa shape index (κ1) is 15.1. The summed E-state index contributed by atoms with van der Waals surface area (Å²) in [6.07, 6.45) is 1.46. The van der Waals surface area contributed by atoms with E-state index in [0.29, 0.717) is 18.0 Å². The predicted octanol–water partition coefficient (Wildman–Crippen LogP) is 2.26. The molecular formula is C18H21N3O3. The molecule has 0 saturated carbocycles. The van der Waals surface area contributed by atoms with Gasteiger partial charge >= 0.3 is 0 Å². The van der Waals surface area contributed by atoms with Crippen molar-refractivity contribution >= 4 is 5.91 Å². The lowest BCUT2D eigenvalue weighted by atomic mass is 9.94. The number of para-hydroxylation sites is 2. The number of likely N-dealkylation sites (tertiary alicyclic amines) is 1. The minimum Gasteiger partial charge on any atom is -0.485 e. The minimum absolute atomic E-state index is 0.00135. The van der Waals surface area contributed by atoms with Crippen molar-refractivity contribution in [1.29, 1.82) is 0 Å². The van der Waals surface area contributed by atoms with Crippen molar-refractivity contribution in [3.05, 3.63) is 41.7 Å². The number of amides is 1. The number of fused-ring (bicyclic) bond motifs is 1. The quantitative estimate of drug-likeness (QED) is 0.919. The predicted molar refractivity (Wildman–Crippen MR) is 88.2 cm³/mol. The average Bonchev–Trinajstić information content (AvgIpc) is 3.07. The monoisotopic (exact) mass is 327 g/mol. The van der Waals surface area contributed by atoms with Crippen LogP contribution in [-0.2, 0) is 4.79 Å². The third kappa shape index (κ3) is 2.84. The molecule has 0 spiro atoms. The summed E-state index contributed by atoms with van der Waals surface area (Å²) in [7, 11) is 0. The van der Waals surface area contributed by atoms with E-state index in [1.165, 1.54) is 0 Å². The van der Waals surface area contributed by atoms with E-state index in [0.717, 1.165) is 30.8 Å². The molecule has 0 unspecified atom stereocenters. The van der Waals surface area contributed by atoms with Crippen LogP contribution in [0.2, 0.25) is 0 Å². The van der Waals surface area contributed by atoms with Gasteiger partial charge < -0.3 is 14.4 Å². The van der Waals surface area contributed by atoms with Crippen molar-refractivity contribution in [3.8, 4) is 11.5 Å². The van der Waals surface area contributed by atoms with Gasteiger partial charge in [0, 0.05) is 24.7 Å². The average molecular weight is 327 g/mol. The Balaban J connectivity index is 1.45. The number of benzene rings is 1. The van der Waals surface area contributed by atoms with Crippen molar-refractivity contribution in [3.63, 3.8) is 0 Å². The maximum atomic E-state index is 12.8. The number of aromatic nitrogens is 2. The zero-order valence-electron chi connectivity index (χ0n) is 13.7. The highest BCUT2D eigenvalue weighted by Crippen LogP contribution is 2.32. The second-order valence-electron chi connectivity index (χ2n) is 6.46. The highest BCUT2D eigenvalue weighted by Gasteiger charge is 2.34. The van der Waals surface area contributed by atoms with E-state index in [2.05, 4.69) is 16.3 Å². The van der Waals surface area contributed by atoms with Gasteiger partial charge in [0.1, 0.15) is 6.61 Å². The van der Waals surface area contributed by atoms with Crippen molar-refractivity contribution in [2.24, 2.45) is 0 Å². The van der Waals surface area contributed by atoms with E-state index in [-0.39, 0.29) is 18.4 Å². The molecule has 2 aromatic rings. The minimum atomic E-state index is -0.570. The normalized spacial score (nSPS) is 23.1. The molecule has 6 heteroatoms. The second kappa shape index (κ2) is 6.19. The van der Waals surface area contributed by atoms with Crippen molar-refractivity contribution in [2.45, 2.75) is 31.8 Å². The van der Waals surface area contributed by atoms with Crippen molar-refractivity contribution in [2.75, 3.05) is 19.7 Å². The number of hydrogen-bond donors (Lipinski definition) is 1. The Morgan fingerprint density at radius 2 is 2.17 bits per heavy atom. The number of piperidine rings is 1. The molecule has 1 amide bonds. The fourth-order valence-electron chi connectivity index (χ4n) is 3.41. The smallest absolute Gasteiger partial charge is 0.267 e. The van der Waals surface area contributed by atoms with E-state index >= 15 is 0 Å². The molecule has 6 nitrogen and oxygen atoms in total. The molecule has 1 aromatic heterocycles. The van der Waals surface area contributed by atoms with Crippen LogP contribution in [0.1, 0.15) is 30.1 Å². The zero-order valence-corrected chi connectivity index (χ0v) is 13.7. The molecule has 2 aliphatic rings. The van der Waals surface area contributed by atoms with Gasteiger partial charge in [-0.2, -0.15) is 5.10 Å². The molecule has 0 radical (unpaired) electrons. The third-order valence-electron chi connectivity index (χ3n) is 4.66. The van der Waals surface area contributed by atoms with E-state index in [4.69, 9.17) is 9.47 Å². The number of ether oxygens (including phenoxy) is 2. The van der Waals surface area contributed by atoms with Crippen LogP contribution in [0.3, 0.4) is 0 Å². The Hall–Kier alpha value is -2.50. The van der Waals surface area contributed by atoms with Crippen molar-refractivity contribution < 1.29 is 14.3 Å². The highest BCUT2D eigenvalue weighted by molar-refractivity contribution is 5.82. The molecule has 1 N–H and O–H groups in total. The maximum absolute atomic E-state index is 12.8. The Bertz CT molecular complexity index is 743. The Morgan fingerprint density at radius 1 is 1.33 bits per heavy atom. The van der Waals surface area contributed by atoms with Crippen LogP contribution in [0.4, 0.5) is 0 Å². The van der Waals surface area contributed by atoms with E-state index in [9.17, 15) is 4.79 Å². The topological polar surface area (TPSA) is 67.5 Å². The van der Waals surface area contributed by atoms with Crippen LogP contribution in [0.5, 0.6) is 11.5 Å². The fraction of sp³-hybridized carbons (Fsp3) is 0.444. The molecule has 126 valence electrons. The molecule has 0 aliphatic carbocycles. The number of aryl methyl sites for hydroxylation is 1. The molecule has 2 atom stereocenters. The standard InChI is InChI=1S/C18H21N3O3/c1-12-9-14(20-19-12)13-5-4-8-21(10-13)18(22)17-11-23-15-6-2-3-7-16(15)24-17/h2-3,6-7,9,13,17H,4-5,8,10-11H2,1H3,(H,19,20)/t13-,17-/m0/s1. The molecule has 2 aliphatic heterocycles. The number of carbonyl (C=O) groups excluding carboxylic acids is 1. The van der Waals surface area contributed by atoms with Gasteiger partial charge in [-0.25, -0.2) is 0 Å². The lowest BCUT2D eigenvalue weighted by Gasteiger charge is -2.35. The summed E-state index contributed by atoms with van der Waals surface area (Å²) in [6.45, 7) is 3.70. The maximum Gasteiger partial charge on any atom is 0.267 e. The third-order valence-corrected chi connectivity index (χ3v) is 4.66. The lowest BCUT2D eigenvalue weighted by Crippen LogP contribution is -2.49. The van der Waals surface area contributed by atoms with Gasteiger partial charge in [0.05, 0.1) is 5.69 Å². The van der Waals surface area contributed by atoms with Gasteiger partial charge in [0.2, 0.25) is 6.10 Å². The Labute approximate surface area is 140 Å². The summed E-state index contributed by atoms with van der Waals surface area (Å²) >= 11 is 0. The van der Waals surface area contributed by atoms with Crippen LogP contribution < -0.4 is 9.47 Å². The Kier molecular flexibility index (Phi) is 3.88. The molecule has 4 rings (SSSR count). The summed E-state index contributed by atoms with van der Waals surface area (Å²) in [5.41, 5.74) is 2.09. The summed E-state index contributed by atoms with van der Waals surface area (Å²) in [4.78, 5) is 14.7. The van der Waals surface area contributed by atoms with Crippen molar-refractivity contribution in [1.82, 2.24) is 15.1 Å². The first-order valence-corrected chi connectivity index (χ1v) is 8.40. The molecular weight excluding hydrogens is 306 g/mol. The van der Waals surface area contributed by atoms with Crippen LogP contribution in [0.25, 0.3) is 0 Å². The number of nitrogens with zero attached hydrogens (tertiary/aromatic N) is 2. The second-order valence-corrected chi connectivity index (χ2v) is 6.46. The van der Waals surface area contributed by atoms with E-state index < -0.39 is 6.10 Å². The largest absolute Gasteiger partial charge is 0.485 e. The van der Waals surface area contributed by atoms with Gasteiger partial charge in [-0.15, -0.1) is 0 Å². The number of H-pyrrole nitrogens is 1. The molecule has 1 aromatic carbocycles. The van der Waals surface area contributed by atoms with E-state index in [1.54, 1.807) is 0 Å². The number of rotatable bonds is 2. The number of aromatic amines is 1. The van der Waals surface area contributed by atoms with Crippen LogP contribution >= 0.6 is 0 Å². The SMILES string of the molecule is Cc1cc([C@H]2CCCN(C(=O)[C@@H]3COc4ccccc4O3)C2)n[nH]1. The molecule has 0 bridgehead atoms. The van der Waals surface area contributed by atoms with Crippen LogP contribution in [0.15, 0.2) is 30.3 Å². The fourth-order valence-corrected chi connectivity index (χ4v) is 3.41. The number of nitrogens with one attached hydrogen (secondary N) is 1. The molecule has 1 saturated heterocycles. The summed E-state index contributed by atoms with van der Waals surface area (Å²) in [5, 5.41) is 7.34.